The predicted octanol–water partition coefficient (Wildman–Crippen LogP) is 2.05. The second-order valence-corrected chi connectivity index (χ2v) is 4.59. The van der Waals surface area contributed by atoms with Gasteiger partial charge in [-0.3, -0.25) is 9.69 Å². The van der Waals surface area contributed by atoms with Crippen molar-refractivity contribution in [2.24, 2.45) is 0 Å². The number of carbonyl (C=O) groups is 2. The van der Waals surface area contributed by atoms with E-state index in [-0.39, 0.29) is 5.91 Å². The van der Waals surface area contributed by atoms with Crippen molar-refractivity contribution >= 4 is 12.0 Å². The number of rotatable bonds is 3. The van der Waals surface area contributed by atoms with Crippen molar-refractivity contribution in [1.82, 2.24) is 10.2 Å². The lowest BCUT2D eigenvalue weighted by molar-refractivity contribution is -0.118. The highest BCUT2D eigenvalue weighted by Crippen LogP contribution is 2.15. The van der Waals surface area contributed by atoms with Crippen LogP contribution in [0.25, 0.3) is 0 Å². The molecule has 1 aliphatic rings. The fourth-order valence-electron chi connectivity index (χ4n) is 2.08. The first-order chi connectivity index (χ1) is 9.70. The van der Waals surface area contributed by atoms with Crippen molar-refractivity contribution in [1.29, 1.82) is 0 Å². The van der Waals surface area contributed by atoms with Crippen LogP contribution in [-0.2, 0) is 16.1 Å². The van der Waals surface area contributed by atoms with Gasteiger partial charge in [0, 0.05) is 24.9 Å². The number of ether oxygens (including phenoxy) is 1. The van der Waals surface area contributed by atoms with E-state index in [0.717, 1.165) is 12.0 Å². The largest absolute Gasteiger partial charge is 0.452 e. The van der Waals surface area contributed by atoms with E-state index in [9.17, 15) is 9.59 Å². The maximum atomic E-state index is 12.1. The minimum atomic E-state index is -0.432. The van der Waals surface area contributed by atoms with E-state index in [1.165, 1.54) is 12.0 Å². The molecule has 2 amide bonds. The Morgan fingerprint density at radius 3 is 2.75 bits per heavy atom. The molecule has 5 nitrogen and oxygen atoms in total. The van der Waals surface area contributed by atoms with Gasteiger partial charge in [0.25, 0.3) is 0 Å². The zero-order valence-electron chi connectivity index (χ0n) is 11.5. The average molecular weight is 274 g/mol. The zero-order chi connectivity index (χ0) is 14.4. The van der Waals surface area contributed by atoms with Gasteiger partial charge in [-0.2, -0.15) is 0 Å². The summed E-state index contributed by atoms with van der Waals surface area (Å²) in [5, 5.41) is 2.86. The summed E-state index contributed by atoms with van der Waals surface area (Å²) in [5.74, 6) is -0.137. The minimum Gasteiger partial charge on any atom is -0.452 e. The second kappa shape index (κ2) is 6.75. The van der Waals surface area contributed by atoms with E-state index < -0.39 is 6.09 Å². The van der Waals surface area contributed by atoms with E-state index in [0.29, 0.717) is 25.1 Å². The maximum Gasteiger partial charge on any atom is 0.413 e. The highest BCUT2D eigenvalue weighted by atomic mass is 16.5. The molecule has 0 fully saturated rings. The van der Waals surface area contributed by atoms with Crippen molar-refractivity contribution in [2.45, 2.75) is 19.4 Å². The molecule has 0 aliphatic carbocycles. The van der Waals surface area contributed by atoms with Crippen LogP contribution in [0, 0.1) is 0 Å². The third-order valence-corrected chi connectivity index (χ3v) is 3.15. The molecule has 0 saturated carbocycles. The van der Waals surface area contributed by atoms with E-state index >= 15 is 0 Å². The lowest BCUT2D eigenvalue weighted by Gasteiger charge is -2.23. The number of methoxy groups -OCH3 is 1. The second-order valence-electron chi connectivity index (χ2n) is 4.59. The fraction of sp³-hybridized carbons (Fsp3) is 0.333. The van der Waals surface area contributed by atoms with Crippen LogP contribution in [0.4, 0.5) is 4.79 Å². The Morgan fingerprint density at radius 2 is 2.05 bits per heavy atom. The first kappa shape index (κ1) is 14.1. The Morgan fingerprint density at radius 1 is 1.30 bits per heavy atom. The average Bonchev–Trinajstić information content (AvgIpc) is 2.53. The summed E-state index contributed by atoms with van der Waals surface area (Å²) in [5.41, 5.74) is 1.65. The molecule has 1 heterocycles. The van der Waals surface area contributed by atoms with Crippen molar-refractivity contribution in [3.63, 3.8) is 0 Å². The van der Waals surface area contributed by atoms with Gasteiger partial charge in [0.2, 0.25) is 5.91 Å². The summed E-state index contributed by atoms with van der Waals surface area (Å²) in [6.45, 7) is 1.07. The first-order valence-corrected chi connectivity index (χ1v) is 6.58. The molecule has 1 aliphatic heterocycles. The topological polar surface area (TPSA) is 58.6 Å². The predicted molar refractivity (Wildman–Crippen MR) is 74.7 cm³/mol. The Labute approximate surface area is 118 Å². The van der Waals surface area contributed by atoms with Crippen molar-refractivity contribution in [3.05, 3.63) is 47.7 Å². The van der Waals surface area contributed by atoms with Crippen LogP contribution < -0.4 is 5.32 Å². The van der Waals surface area contributed by atoms with Gasteiger partial charge < -0.3 is 10.1 Å². The maximum absolute atomic E-state index is 12.1. The molecule has 1 N–H and O–H groups in total. The van der Waals surface area contributed by atoms with Crippen LogP contribution in [0.1, 0.15) is 18.4 Å². The quantitative estimate of drug-likeness (QED) is 0.917. The van der Waals surface area contributed by atoms with E-state index in [1.807, 2.05) is 30.3 Å². The lowest BCUT2D eigenvalue weighted by Crippen LogP contribution is -2.33. The minimum absolute atomic E-state index is 0.137. The van der Waals surface area contributed by atoms with Crippen molar-refractivity contribution in [3.8, 4) is 0 Å². The smallest absolute Gasteiger partial charge is 0.413 e. The summed E-state index contributed by atoms with van der Waals surface area (Å²) in [6.07, 6.45) is 2.58. The summed E-state index contributed by atoms with van der Waals surface area (Å²) < 4.78 is 4.66. The van der Waals surface area contributed by atoms with Crippen LogP contribution in [-0.4, -0.2) is 30.6 Å². The van der Waals surface area contributed by atoms with Crippen LogP contribution in [0.2, 0.25) is 0 Å². The standard InChI is InChI=1S/C15H18N2O3/c1-20-15(19)17-9-5-8-13(11-17)14(18)16-10-12-6-3-2-4-7-12/h2-4,6-7,11H,5,8-10H2,1H3,(H,16,18). The molecule has 1 aromatic carbocycles. The van der Waals surface area contributed by atoms with Gasteiger partial charge in [0.15, 0.2) is 0 Å². The van der Waals surface area contributed by atoms with E-state index in [1.54, 1.807) is 6.20 Å². The molecule has 5 heteroatoms. The van der Waals surface area contributed by atoms with Crippen LogP contribution in [0.3, 0.4) is 0 Å². The molecular weight excluding hydrogens is 256 g/mol. The molecule has 0 bridgehead atoms. The van der Waals surface area contributed by atoms with Crippen molar-refractivity contribution in [2.75, 3.05) is 13.7 Å². The van der Waals surface area contributed by atoms with Gasteiger partial charge in [-0.15, -0.1) is 0 Å². The molecule has 0 aromatic heterocycles. The molecule has 0 spiro atoms. The molecule has 20 heavy (non-hydrogen) atoms. The van der Waals surface area contributed by atoms with Crippen molar-refractivity contribution < 1.29 is 14.3 Å². The van der Waals surface area contributed by atoms with Gasteiger partial charge in [0.05, 0.1) is 7.11 Å². The molecule has 2 rings (SSSR count). The van der Waals surface area contributed by atoms with Gasteiger partial charge in [-0.05, 0) is 18.4 Å². The van der Waals surface area contributed by atoms with Crippen LogP contribution in [0.5, 0.6) is 0 Å². The first-order valence-electron chi connectivity index (χ1n) is 6.58. The lowest BCUT2D eigenvalue weighted by atomic mass is 10.1. The number of benzene rings is 1. The number of hydrogen-bond acceptors (Lipinski definition) is 3. The Balaban J connectivity index is 1.94. The number of nitrogens with zero attached hydrogens (tertiary/aromatic N) is 1. The van der Waals surface area contributed by atoms with Crippen LogP contribution in [0.15, 0.2) is 42.1 Å². The van der Waals surface area contributed by atoms with Gasteiger partial charge in [-0.25, -0.2) is 4.79 Å². The molecular formula is C15H18N2O3. The highest BCUT2D eigenvalue weighted by Gasteiger charge is 2.20. The summed E-state index contributed by atoms with van der Waals surface area (Å²) in [7, 11) is 1.33. The molecule has 1 aromatic rings. The summed E-state index contributed by atoms with van der Waals surface area (Å²) in [4.78, 5) is 24.9. The number of hydrogen-bond donors (Lipinski definition) is 1. The summed E-state index contributed by atoms with van der Waals surface area (Å²) >= 11 is 0. The zero-order valence-corrected chi connectivity index (χ0v) is 11.5. The number of carbonyl (C=O) groups excluding carboxylic acids is 2. The van der Waals surface area contributed by atoms with E-state index in [2.05, 4.69) is 10.1 Å². The Hall–Kier alpha value is -2.30. The monoisotopic (exact) mass is 274 g/mol. The normalized spacial score (nSPS) is 14.4. The molecule has 106 valence electrons. The molecule has 0 saturated heterocycles. The van der Waals surface area contributed by atoms with E-state index in [4.69, 9.17) is 0 Å². The molecule has 0 unspecified atom stereocenters. The Bertz CT molecular complexity index is 511. The SMILES string of the molecule is COC(=O)N1C=C(C(=O)NCc2ccccc2)CCC1. The van der Waals surface area contributed by atoms with Gasteiger partial charge in [-0.1, -0.05) is 30.3 Å². The van der Waals surface area contributed by atoms with Crippen LogP contribution >= 0.6 is 0 Å². The third-order valence-electron chi connectivity index (χ3n) is 3.15. The highest BCUT2D eigenvalue weighted by molar-refractivity contribution is 5.93. The third kappa shape index (κ3) is 3.60. The summed E-state index contributed by atoms with van der Waals surface area (Å²) in [6, 6.07) is 9.70. The van der Waals surface area contributed by atoms with Gasteiger partial charge in [0.1, 0.15) is 0 Å². The fourth-order valence-corrected chi connectivity index (χ4v) is 2.08. The number of nitrogens with one attached hydrogen (secondary N) is 1. The molecule has 0 radical (unpaired) electrons. The van der Waals surface area contributed by atoms with Gasteiger partial charge >= 0.3 is 6.09 Å². The Kier molecular flexibility index (Phi) is 4.76. The number of amides is 2. The molecule has 0 atom stereocenters.